The highest BCUT2D eigenvalue weighted by atomic mass is 79.9. The van der Waals surface area contributed by atoms with Crippen molar-refractivity contribution in [3.05, 3.63) is 19.2 Å². The highest BCUT2D eigenvalue weighted by molar-refractivity contribution is 9.13. The number of hydrogen-bond acceptors (Lipinski definition) is 2. The zero-order valence-corrected chi connectivity index (χ0v) is 14.3. The van der Waals surface area contributed by atoms with Gasteiger partial charge >= 0.3 is 6.18 Å². The van der Waals surface area contributed by atoms with Crippen LogP contribution in [0.25, 0.3) is 0 Å². The number of thiophene rings is 1. The van der Waals surface area contributed by atoms with Gasteiger partial charge in [0, 0.05) is 10.5 Å². The number of halogens is 5. The number of alkyl halides is 3. The molecule has 1 N–H and O–H groups in total. The summed E-state index contributed by atoms with van der Waals surface area (Å²) >= 11 is 7.82. The van der Waals surface area contributed by atoms with Crippen molar-refractivity contribution < 1.29 is 18.0 Å². The average Bonchev–Trinajstić information content (AvgIpc) is 2.69. The molecule has 1 fully saturated rings. The van der Waals surface area contributed by atoms with Crippen molar-refractivity contribution >= 4 is 49.1 Å². The Morgan fingerprint density at radius 3 is 2.60 bits per heavy atom. The Hall–Kier alpha value is -0.0800. The Labute approximate surface area is 135 Å². The molecule has 20 heavy (non-hydrogen) atoms. The standard InChI is InChI=1S/C12H12Br2F3NOS/c13-8-5-9(20-10(8)14)11(19)18-7-3-1-2-6(4-7)12(15,16)17/h5-7H,1-4H2,(H,18,19). The second-order valence-electron chi connectivity index (χ2n) is 4.81. The molecule has 1 aromatic rings. The molecule has 1 amide bonds. The van der Waals surface area contributed by atoms with Gasteiger partial charge in [0.1, 0.15) is 0 Å². The lowest BCUT2D eigenvalue weighted by Crippen LogP contribution is -2.41. The fraction of sp³-hybridized carbons (Fsp3) is 0.583. The summed E-state index contributed by atoms with van der Waals surface area (Å²) in [4.78, 5) is 12.5. The highest BCUT2D eigenvalue weighted by Crippen LogP contribution is 2.38. The molecule has 2 atom stereocenters. The Bertz CT molecular complexity index is 484. The van der Waals surface area contributed by atoms with Gasteiger partial charge < -0.3 is 5.32 Å². The molecule has 2 unspecified atom stereocenters. The second kappa shape index (κ2) is 6.36. The third kappa shape index (κ3) is 3.98. The maximum Gasteiger partial charge on any atom is 0.391 e. The molecule has 0 radical (unpaired) electrons. The number of hydrogen-bond donors (Lipinski definition) is 1. The first kappa shape index (κ1) is 16.3. The Morgan fingerprint density at radius 1 is 1.35 bits per heavy atom. The molecule has 1 aromatic heterocycles. The van der Waals surface area contributed by atoms with Crippen molar-refractivity contribution in [2.75, 3.05) is 0 Å². The van der Waals surface area contributed by atoms with Gasteiger partial charge in [-0.05, 0) is 57.2 Å². The predicted molar refractivity (Wildman–Crippen MR) is 79.0 cm³/mol. The summed E-state index contributed by atoms with van der Waals surface area (Å²) in [5, 5.41) is 2.71. The fourth-order valence-corrected chi connectivity index (χ4v) is 4.27. The Balaban J connectivity index is 1.97. The van der Waals surface area contributed by atoms with Gasteiger partial charge in [-0.25, -0.2) is 0 Å². The molecule has 0 aliphatic heterocycles. The van der Waals surface area contributed by atoms with E-state index in [9.17, 15) is 18.0 Å². The van der Waals surface area contributed by atoms with Crippen LogP contribution < -0.4 is 5.32 Å². The van der Waals surface area contributed by atoms with E-state index in [1.165, 1.54) is 11.3 Å². The van der Waals surface area contributed by atoms with Gasteiger partial charge in [-0.3, -0.25) is 4.79 Å². The van der Waals surface area contributed by atoms with Gasteiger partial charge in [0.15, 0.2) is 0 Å². The van der Waals surface area contributed by atoms with Crippen LogP contribution in [0.5, 0.6) is 0 Å². The first-order chi connectivity index (χ1) is 9.27. The van der Waals surface area contributed by atoms with Crippen LogP contribution in [0.15, 0.2) is 14.3 Å². The summed E-state index contributed by atoms with van der Waals surface area (Å²) in [6.07, 6.45) is -2.94. The lowest BCUT2D eigenvalue weighted by Gasteiger charge is -2.30. The van der Waals surface area contributed by atoms with Crippen molar-refractivity contribution in [3.8, 4) is 0 Å². The monoisotopic (exact) mass is 433 g/mol. The minimum atomic E-state index is -4.17. The molecule has 0 saturated heterocycles. The summed E-state index contributed by atoms with van der Waals surface area (Å²) < 4.78 is 39.7. The van der Waals surface area contributed by atoms with Gasteiger partial charge in [-0.15, -0.1) is 11.3 Å². The van der Waals surface area contributed by atoms with E-state index in [1.807, 2.05) is 0 Å². The third-order valence-electron chi connectivity index (χ3n) is 3.34. The molecular formula is C12H12Br2F3NOS. The van der Waals surface area contributed by atoms with Crippen molar-refractivity contribution in [2.24, 2.45) is 5.92 Å². The van der Waals surface area contributed by atoms with Crippen LogP contribution in [-0.2, 0) is 0 Å². The Morgan fingerprint density at radius 2 is 2.05 bits per heavy atom. The van der Waals surface area contributed by atoms with Crippen LogP contribution in [0.1, 0.15) is 35.4 Å². The van der Waals surface area contributed by atoms with Gasteiger partial charge in [0.2, 0.25) is 0 Å². The van der Waals surface area contributed by atoms with Crippen molar-refractivity contribution in [1.82, 2.24) is 5.32 Å². The van der Waals surface area contributed by atoms with Crippen LogP contribution in [0.2, 0.25) is 0 Å². The van der Waals surface area contributed by atoms with Crippen molar-refractivity contribution in [1.29, 1.82) is 0 Å². The predicted octanol–water partition coefficient (Wildman–Crippen LogP) is 5.12. The molecular weight excluding hydrogens is 423 g/mol. The van der Waals surface area contributed by atoms with Gasteiger partial charge in [0.05, 0.1) is 14.6 Å². The SMILES string of the molecule is O=C(NC1CCCC(C(F)(F)F)C1)c1cc(Br)c(Br)s1. The minimum Gasteiger partial charge on any atom is -0.349 e. The molecule has 0 bridgehead atoms. The summed E-state index contributed by atoms with van der Waals surface area (Å²) in [6.45, 7) is 0. The molecule has 1 saturated carbocycles. The van der Waals surface area contributed by atoms with Crippen LogP contribution in [0.3, 0.4) is 0 Å². The van der Waals surface area contributed by atoms with Crippen LogP contribution in [-0.4, -0.2) is 18.1 Å². The summed E-state index contributed by atoms with van der Waals surface area (Å²) in [6, 6.07) is 1.26. The molecule has 0 spiro atoms. The van der Waals surface area contributed by atoms with E-state index < -0.39 is 18.1 Å². The van der Waals surface area contributed by atoms with E-state index in [-0.39, 0.29) is 18.7 Å². The first-order valence-electron chi connectivity index (χ1n) is 6.09. The van der Waals surface area contributed by atoms with Crippen LogP contribution >= 0.6 is 43.2 Å². The average molecular weight is 435 g/mol. The minimum absolute atomic E-state index is 0.0248. The topological polar surface area (TPSA) is 29.1 Å². The second-order valence-corrected chi connectivity index (χ2v) is 8.03. The smallest absolute Gasteiger partial charge is 0.349 e. The van der Waals surface area contributed by atoms with Crippen LogP contribution in [0, 0.1) is 5.92 Å². The normalized spacial score (nSPS) is 23.6. The van der Waals surface area contributed by atoms with E-state index >= 15 is 0 Å². The fourth-order valence-electron chi connectivity index (χ4n) is 2.33. The zero-order chi connectivity index (χ0) is 14.9. The molecule has 0 aromatic carbocycles. The first-order valence-corrected chi connectivity index (χ1v) is 8.50. The summed E-state index contributed by atoms with van der Waals surface area (Å²) in [5.41, 5.74) is 0. The number of nitrogens with one attached hydrogen (secondary N) is 1. The number of amides is 1. The lowest BCUT2D eigenvalue weighted by atomic mass is 9.85. The maximum atomic E-state index is 12.7. The summed E-state index contributed by atoms with van der Waals surface area (Å²) in [5.74, 6) is -1.61. The molecule has 1 aliphatic rings. The van der Waals surface area contributed by atoms with E-state index in [0.717, 1.165) is 8.26 Å². The van der Waals surface area contributed by atoms with Crippen molar-refractivity contribution in [3.63, 3.8) is 0 Å². The molecule has 112 valence electrons. The zero-order valence-electron chi connectivity index (χ0n) is 10.3. The molecule has 8 heteroatoms. The molecule has 1 aliphatic carbocycles. The van der Waals surface area contributed by atoms with Crippen molar-refractivity contribution in [2.45, 2.75) is 37.9 Å². The largest absolute Gasteiger partial charge is 0.391 e. The molecule has 1 heterocycles. The number of carbonyl (C=O) groups excluding carboxylic acids is 1. The third-order valence-corrected chi connectivity index (χ3v) is 6.60. The molecule has 2 nitrogen and oxygen atoms in total. The van der Waals surface area contributed by atoms with E-state index in [4.69, 9.17) is 0 Å². The van der Waals surface area contributed by atoms with Gasteiger partial charge in [0.25, 0.3) is 5.91 Å². The van der Waals surface area contributed by atoms with E-state index in [2.05, 4.69) is 37.2 Å². The van der Waals surface area contributed by atoms with Crippen LogP contribution in [0.4, 0.5) is 13.2 Å². The lowest BCUT2D eigenvalue weighted by molar-refractivity contribution is -0.183. The quantitative estimate of drug-likeness (QED) is 0.687. The highest BCUT2D eigenvalue weighted by Gasteiger charge is 2.42. The van der Waals surface area contributed by atoms with Gasteiger partial charge in [-0.2, -0.15) is 13.2 Å². The number of rotatable bonds is 2. The van der Waals surface area contributed by atoms with E-state index in [0.29, 0.717) is 17.7 Å². The van der Waals surface area contributed by atoms with Gasteiger partial charge in [-0.1, -0.05) is 6.42 Å². The molecule has 2 rings (SSSR count). The van der Waals surface area contributed by atoms with E-state index in [1.54, 1.807) is 6.07 Å². The summed E-state index contributed by atoms with van der Waals surface area (Å²) in [7, 11) is 0. The maximum absolute atomic E-state index is 12.7. The Kier molecular flexibility index (Phi) is 5.18. The number of carbonyl (C=O) groups is 1.